The van der Waals surface area contributed by atoms with E-state index in [0.29, 0.717) is 16.7 Å². The molecule has 2 aromatic rings. The molecule has 16 heavy (non-hydrogen) atoms. The van der Waals surface area contributed by atoms with Crippen molar-refractivity contribution in [2.45, 2.75) is 33.2 Å². The Morgan fingerprint density at radius 3 is 2.56 bits per heavy atom. The highest BCUT2D eigenvalue weighted by atomic mass is 79.9. The quantitative estimate of drug-likeness (QED) is 0.804. The fraction of sp³-hybridized carbons (Fsp3) is 0.500. The molecule has 6 heteroatoms. The van der Waals surface area contributed by atoms with Crippen LogP contribution in [0.1, 0.15) is 26.5 Å². The fourth-order valence-electron chi connectivity index (χ4n) is 1.64. The minimum Gasteiger partial charge on any atom is -0.286 e. The van der Waals surface area contributed by atoms with E-state index in [1.165, 1.54) is 0 Å². The SMILES string of the molecule is Cc1nn(C(C)(C)C)c2[nH]nc(Br)c(=O)c12. The maximum absolute atomic E-state index is 11.9. The zero-order chi connectivity index (χ0) is 12.1. The Hall–Kier alpha value is -1.17. The van der Waals surface area contributed by atoms with Crippen LogP contribution in [0.2, 0.25) is 0 Å². The number of fused-ring (bicyclic) bond motifs is 1. The molecule has 86 valence electrons. The van der Waals surface area contributed by atoms with Gasteiger partial charge in [-0.05, 0) is 43.6 Å². The van der Waals surface area contributed by atoms with Crippen molar-refractivity contribution in [1.29, 1.82) is 0 Å². The van der Waals surface area contributed by atoms with Gasteiger partial charge in [-0.3, -0.25) is 9.89 Å². The number of aromatic amines is 1. The number of nitrogens with zero attached hydrogens (tertiary/aromatic N) is 3. The number of hydrogen-bond acceptors (Lipinski definition) is 3. The van der Waals surface area contributed by atoms with Gasteiger partial charge in [0.15, 0.2) is 10.3 Å². The van der Waals surface area contributed by atoms with Gasteiger partial charge >= 0.3 is 0 Å². The van der Waals surface area contributed by atoms with Crippen LogP contribution in [-0.4, -0.2) is 20.0 Å². The molecule has 5 nitrogen and oxygen atoms in total. The standard InChI is InChI=1S/C10H13BrN4O/c1-5-6-7(16)8(11)12-13-9(6)15(14-5)10(2,3)4/h1-4H3,(H,13,16). The first-order valence-electron chi connectivity index (χ1n) is 4.96. The first kappa shape index (κ1) is 11.3. The van der Waals surface area contributed by atoms with Crippen LogP contribution in [-0.2, 0) is 5.54 Å². The van der Waals surface area contributed by atoms with E-state index < -0.39 is 0 Å². The number of aryl methyl sites for hydroxylation is 1. The third-order valence-electron chi connectivity index (χ3n) is 2.37. The Bertz CT molecular complexity index is 606. The van der Waals surface area contributed by atoms with Crippen LogP contribution in [0.5, 0.6) is 0 Å². The van der Waals surface area contributed by atoms with Crippen molar-refractivity contribution in [3.63, 3.8) is 0 Å². The summed E-state index contributed by atoms with van der Waals surface area (Å²) in [5, 5.41) is 11.8. The van der Waals surface area contributed by atoms with Gasteiger partial charge in [-0.2, -0.15) is 10.2 Å². The molecule has 2 aromatic heterocycles. The lowest BCUT2D eigenvalue weighted by atomic mass is 10.1. The largest absolute Gasteiger partial charge is 0.286 e. The monoisotopic (exact) mass is 284 g/mol. The van der Waals surface area contributed by atoms with E-state index in [1.807, 2.05) is 27.7 Å². The summed E-state index contributed by atoms with van der Waals surface area (Å²) < 4.78 is 2.08. The Labute approximate surface area is 101 Å². The van der Waals surface area contributed by atoms with Gasteiger partial charge in [0.2, 0.25) is 5.43 Å². The summed E-state index contributed by atoms with van der Waals surface area (Å²) in [4.78, 5) is 11.9. The summed E-state index contributed by atoms with van der Waals surface area (Å²) in [6.07, 6.45) is 0. The van der Waals surface area contributed by atoms with Gasteiger partial charge in [0.05, 0.1) is 16.6 Å². The molecule has 0 amide bonds. The zero-order valence-electron chi connectivity index (χ0n) is 9.63. The van der Waals surface area contributed by atoms with Crippen LogP contribution in [0.3, 0.4) is 0 Å². The van der Waals surface area contributed by atoms with Crippen LogP contribution >= 0.6 is 15.9 Å². The Morgan fingerprint density at radius 1 is 1.38 bits per heavy atom. The first-order chi connectivity index (χ1) is 7.32. The molecule has 0 atom stereocenters. The molecule has 0 saturated carbocycles. The van der Waals surface area contributed by atoms with E-state index in [0.717, 1.165) is 0 Å². The molecule has 0 saturated heterocycles. The van der Waals surface area contributed by atoms with Crippen molar-refractivity contribution < 1.29 is 0 Å². The lowest BCUT2D eigenvalue weighted by molar-refractivity contribution is 0.363. The number of hydrogen-bond donors (Lipinski definition) is 1. The van der Waals surface area contributed by atoms with Crippen LogP contribution in [0.4, 0.5) is 0 Å². The maximum atomic E-state index is 11.9. The van der Waals surface area contributed by atoms with Crippen LogP contribution in [0.15, 0.2) is 9.40 Å². The summed E-state index contributed by atoms with van der Waals surface area (Å²) in [5.74, 6) is 0. The second kappa shape index (κ2) is 3.41. The number of aromatic nitrogens is 4. The van der Waals surface area contributed by atoms with E-state index in [9.17, 15) is 4.79 Å². The molecule has 2 rings (SSSR count). The number of nitrogens with one attached hydrogen (secondary N) is 1. The van der Waals surface area contributed by atoms with Gasteiger partial charge in [0, 0.05) is 0 Å². The lowest BCUT2D eigenvalue weighted by Gasteiger charge is -2.19. The predicted octanol–water partition coefficient (Wildman–Crippen LogP) is 1.95. The summed E-state index contributed by atoms with van der Waals surface area (Å²) in [5.41, 5.74) is 1.07. The van der Waals surface area contributed by atoms with E-state index in [2.05, 4.69) is 31.2 Å². The highest BCUT2D eigenvalue weighted by molar-refractivity contribution is 9.10. The van der Waals surface area contributed by atoms with Crippen LogP contribution in [0, 0.1) is 6.92 Å². The minimum absolute atomic E-state index is 0.123. The van der Waals surface area contributed by atoms with Crippen molar-refractivity contribution in [3.8, 4) is 0 Å². The molecule has 0 spiro atoms. The van der Waals surface area contributed by atoms with Gasteiger partial charge in [0.1, 0.15) is 0 Å². The summed E-state index contributed by atoms with van der Waals surface area (Å²) >= 11 is 3.12. The molecule has 1 N–H and O–H groups in total. The smallest absolute Gasteiger partial charge is 0.225 e. The average molecular weight is 285 g/mol. The Balaban J connectivity index is 2.94. The summed E-state index contributed by atoms with van der Waals surface area (Å²) in [6, 6.07) is 0. The van der Waals surface area contributed by atoms with E-state index in [-0.39, 0.29) is 15.6 Å². The average Bonchev–Trinajstić information content (AvgIpc) is 2.50. The highest BCUT2D eigenvalue weighted by Gasteiger charge is 2.21. The molecule has 0 aromatic carbocycles. The van der Waals surface area contributed by atoms with Gasteiger partial charge in [-0.15, -0.1) is 0 Å². The Kier molecular flexibility index (Phi) is 2.41. The van der Waals surface area contributed by atoms with Gasteiger partial charge in [0.25, 0.3) is 0 Å². The molecular weight excluding hydrogens is 272 g/mol. The molecule has 0 aliphatic heterocycles. The van der Waals surface area contributed by atoms with E-state index in [1.54, 1.807) is 4.68 Å². The normalized spacial score (nSPS) is 12.3. The zero-order valence-corrected chi connectivity index (χ0v) is 11.2. The minimum atomic E-state index is -0.190. The fourth-order valence-corrected chi connectivity index (χ4v) is 1.93. The topological polar surface area (TPSA) is 63.6 Å². The molecule has 0 radical (unpaired) electrons. The maximum Gasteiger partial charge on any atom is 0.225 e. The highest BCUT2D eigenvalue weighted by Crippen LogP contribution is 2.21. The van der Waals surface area contributed by atoms with Crippen molar-refractivity contribution in [2.75, 3.05) is 0 Å². The molecule has 0 aliphatic carbocycles. The molecular formula is C10H13BrN4O. The Morgan fingerprint density at radius 2 is 2.00 bits per heavy atom. The van der Waals surface area contributed by atoms with E-state index >= 15 is 0 Å². The van der Waals surface area contributed by atoms with Crippen molar-refractivity contribution in [3.05, 3.63) is 20.5 Å². The number of halogens is 1. The predicted molar refractivity (Wildman–Crippen MR) is 65.6 cm³/mol. The first-order valence-corrected chi connectivity index (χ1v) is 5.75. The van der Waals surface area contributed by atoms with Crippen LogP contribution < -0.4 is 5.43 Å². The molecule has 0 bridgehead atoms. The van der Waals surface area contributed by atoms with Crippen molar-refractivity contribution in [2.24, 2.45) is 0 Å². The molecule has 2 heterocycles. The van der Waals surface area contributed by atoms with Gasteiger partial charge in [-0.1, -0.05) is 0 Å². The van der Waals surface area contributed by atoms with Gasteiger partial charge < -0.3 is 0 Å². The van der Waals surface area contributed by atoms with Gasteiger partial charge in [-0.25, -0.2) is 4.68 Å². The van der Waals surface area contributed by atoms with E-state index in [4.69, 9.17) is 0 Å². The molecule has 0 fully saturated rings. The summed E-state index contributed by atoms with van der Waals surface area (Å²) in [7, 11) is 0. The third-order valence-corrected chi connectivity index (χ3v) is 2.91. The third kappa shape index (κ3) is 1.57. The van der Waals surface area contributed by atoms with Crippen LogP contribution in [0.25, 0.3) is 11.0 Å². The van der Waals surface area contributed by atoms with Crippen molar-refractivity contribution >= 4 is 27.0 Å². The number of rotatable bonds is 0. The molecule has 0 aliphatic rings. The number of H-pyrrole nitrogens is 1. The second-order valence-corrected chi connectivity index (χ2v) is 5.49. The second-order valence-electron chi connectivity index (χ2n) is 4.74. The molecule has 0 unspecified atom stereocenters. The lowest BCUT2D eigenvalue weighted by Crippen LogP contribution is -2.24. The summed E-state index contributed by atoms with van der Waals surface area (Å²) in [6.45, 7) is 7.91. The van der Waals surface area contributed by atoms with Crippen molar-refractivity contribution in [1.82, 2.24) is 20.0 Å².